The molecule has 0 aromatic carbocycles. The quantitative estimate of drug-likeness (QED) is 0.678. The maximum absolute atomic E-state index is 9.64. The Morgan fingerprint density at radius 3 is 2.41 bits per heavy atom. The lowest BCUT2D eigenvalue weighted by Crippen LogP contribution is -2.48. The molecule has 0 amide bonds. The summed E-state index contributed by atoms with van der Waals surface area (Å²) in [7, 11) is 0. The summed E-state index contributed by atoms with van der Waals surface area (Å²) < 4.78 is 0. The first-order valence-electron chi connectivity index (χ1n) is 8.22. The minimum Gasteiger partial charge on any atom is -0.393 e. The number of likely N-dealkylation sites (tertiary alicyclic amines) is 1. The van der Waals surface area contributed by atoms with Gasteiger partial charge in [0.15, 0.2) is 5.16 Å². The smallest absolute Gasteiger partial charge is 0.189 e. The van der Waals surface area contributed by atoms with Crippen LogP contribution in [0.15, 0.2) is 11.2 Å². The van der Waals surface area contributed by atoms with Crippen molar-refractivity contribution in [1.29, 1.82) is 0 Å². The van der Waals surface area contributed by atoms with Crippen LogP contribution in [0, 0.1) is 6.92 Å². The number of rotatable bonds is 3. The van der Waals surface area contributed by atoms with Gasteiger partial charge in [0, 0.05) is 44.0 Å². The maximum Gasteiger partial charge on any atom is 0.189 e. The van der Waals surface area contributed by atoms with E-state index in [2.05, 4.69) is 25.8 Å². The van der Waals surface area contributed by atoms with Crippen molar-refractivity contribution in [2.45, 2.75) is 49.9 Å². The third-order valence-electron chi connectivity index (χ3n) is 4.81. The highest BCUT2D eigenvalue weighted by Crippen LogP contribution is 2.25. The molecule has 3 heterocycles. The number of aliphatic hydroxyl groups excluding tert-OH is 1. The fourth-order valence-electron chi connectivity index (χ4n) is 3.49. The SMILES string of the molecule is CSc1nc(C)cc(N2CCC(N3CCC(O)CC3)CC2)n1. The van der Waals surface area contributed by atoms with Crippen molar-refractivity contribution in [1.82, 2.24) is 14.9 Å². The fourth-order valence-corrected chi connectivity index (χ4v) is 3.91. The van der Waals surface area contributed by atoms with E-state index in [0.717, 1.165) is 55.7 Å². The zero-order chi connectivity index (χ0) is 15.5. The van der Waals surface area contributed by atoms with Crippen molar-refractivity contribution in [3.63, 3.8) is 0 Å². The highest BCUT2D eigenvalue weighted by molar-refractivity contribution is 7.98. The molecule has 2 fully saturated rings. The van der Waals surface area contributed by atoms with E-state index in [1.807, 2.05) is 13.2 Å². The van der Waals surface area contributed by atoms with E-state index in [1.165, 1.54) is 12.8 Å². The Morgan fingerprint density at radius 2 is 1.77 bits per heavy atom. The molecule has 5 nitrogen and oxygen atoms in total. The van der Waals surface area contributed by atoms with Crippen LogP contribution in [-0.4, -0.2) is 64.6 Å². The van der Waals surface area contributed by atoms with Gasteiger partial charge in [0.05, 0.1) is 6.10 Å². The van der Waals surface area contributed by atoms with Crippen molar-refractivity contribution in [2.24, 2.45) is 0 Å². The summed E-state index contributed by atoms with van der Waals surface area (Å²) in [5, 5.41) is 10.5. The van der Waals surface area contributed by atoms with E-state index in [4.69, 9.17) is 0 Å². The zero-order valence-electron chi connectivity index (χ0n) is 13.5. The van der Waals surface area contributed by atoms with E-state index in [0.29, 0.717) is 6.04 Å². The molecule has 122 valence electrons. The molecule has 3 rings (SSSR count). The minimum atomic E-state index is -0.0784. The number of piperidine rings is 2. The first-order chi connectivity index (χ1) is 10.7. The molecule has 1 aromatic rings. The number of hydrogen-bond donors (Lipinski definition) is 1. The van der Waals surface area contributed by atoms with Crippen molar-refractivity contribution in [3.8, 4) is 0 Å². The van der Waals surface area contributed by atoms with Crippen molar-refractivity contribution >= 4 is 17.6 Å². The molecule has 0 saturated carbocycles. The van der Waals surface area contributed by atoms with E-state index in [9.17, 15) is 5.11 Å². The van der Waals surface area contributed by atoms with E-state index >= 15 is 0 Å². The summed E-state index contributed by atoms with van der Waals surface area (Å²) in [5.41, 5.74) is 1.04. The Bertz CT molecular complexity index is 497. The monoisotopic (exact) mass is 322 g/mol. The fraction of sp³-hybridized carbons (Fsp3) is 0.750. The molecular formula is C16H26N4OS. The van der Waals surface area contributed by atoms with Crippen LogP contribution in [-0.2, 0) is 0 Å². The minimum absolute atomic E-state index is 0.0784. The standard InChI is InChI=1S/C16H26N4OS/c1-12-11-15(18-16(17-12)22-2)20-7-3-13(4-8-20)19-9-5-14(21)6-10-19/h11,13-14,21H,3-10H2,1-2H3. The lowest BCUT2D eigenvalue weighted by atomic mass is 9.99. The van der Waals surface area contributed by atoms with Gasteiger partial charge in [-0.25, -0.2) is 9.97 Å². The Hall–Kier alpha value is -0.850. The largest absolute Gasteiger partial charge is 0.393 e. The van der Waals surface area contributed by atoms with Crippen LogP contribution in [0.3, 0.4) is 0 Å². The molecular weight excluding hydrogens is 296 g/mol. The van der Waals surface area contributed by atoms with Crippen LogP contribution in [0.2, 0.25) is 0 Å². The summed E-state index contributed by atoms with van der Waals surface area (Å²) in [6.07, 6.45) is 6.19. The third-order valence-corrected chi connectivity index (χ3v) is 5.35. The van der Waals surface area contributed by atoms with Gasteiger partial charge in [0.25, 0.3) is 0 Å². The molecule has 0 unspecified atom stereocenters. The lowest BCUT2D eigenvalue weighted by Gasteiger charge is -2.41. The van der Waals surface area contributed by atoms with Crippen molar-refractivity contribution in [2.75, 3.05) is 37.3 Å². The number of aliphatic hydroxyl groups is 1. The number of anilines is 1. The molecule has 22 heavy (non-hydrogen) atoms. The summed E-state index contributed by atoms with van der Waals surface area (Å²) in [5.74, 6) is 1.07. The molecule has 1 N–H and O–H groups in total. The molecule has 2 aliphatic heterocycles. The molecule has 0 atom stereocenters. The number of aromatic nitrogens is 2. The van der Waals surface area contributed by atoms with Gasteiger partial charge in [-0.15, -0.1) is 0 Å². The Morgan fingerprint density at radius 1 is 1.09 bits per heavy atom. The van der Waals surface area contributed by atoms with Crippen LogP contribution >= 0.6 is 11.8 Å². The Kier molecular flexibility index (Phi) is 5.21. The second kappa shape index (κ2) is 7.15. The van der Waals surface area contributed by atoms with Gasteiger partial charge >= 0.3 is 0 Å². The van der Waals surface area contributed by atoms with Crippen molar-refractivity contribution in [3.05, 3.63) is 11.8 Å². The second-order valence-corrected chi connectivity index (χ2v) is 7.11. The summed E-state index contributed by atoms with van der Waals surface area (Å²) >= 11 is 1.60. The predicted molar refractivity (Wildman–Crippen MR) is 90.6 cm³/mol. The van der Waals surface area contributed by atoms with Gasteiger partial charge in [0.1, 0.15) is 5.82 Å². The third kappa shape index (κ3) is 3.73. The lowest BCUT2D eigenvalue weighted by molar-refractivity contribution is 0.0541. The van der Waals surface area contributed by atoms with Crippen LogP contribution in [0.5, 0.6) is 0 Å². The normalized spacial score (nSPS) is 22.2. The summed E-state index contributed by atoms with van der Waals surface area (Å²) in [4.78, 5) is 14.1. The van der Waals surface area contributed by atoms with Crippen LogP contribution < -0.4 is 4.90 Å². The average molecular weight is 322 g/mol. The molecule has 1 aromatic heterocycles. The molecule has 2 saturated heterocycles. The molecule has 6 heteroatoms. The molecule has 0 aliphatic carbocycles. The Balaban J connectivity index is 1.58. The highest BCUT2D eigenvalue weighted by atomic mass is 32.2. The van der Waals surface area contributed by atoms with Crippen molar-refractivity contribution < 1.29 is 5.11 Å². The van der Waals surface area contributed by atoms with Gasteiger partial charge < -0.3 is 14.9 Å². The van der Waals surface area contributed by atoms with E-state index in [-0.39, 0.29) is 6.10 Å². The number of thioether (sulfide) groups is 1. The Labute approximate surface area is 137 Å². The topological polar surface area (TPSA) is 52.5 Å². The van der Waals surface area contributed by atoms with Gasteiger partial charge in [0.2, 0.25) is 0 Å². The van der Waals surface area contributed by atoms with Gasteiger partial charge in [-0.05, 0) is 38.9 Å². The predicted octanol–water partition coefficient (Wildman–Crippen LogP) is 1.93. The number of hydrogen-bond acceptors (Lipinski definition) is 6. The van der Waals surface area contributed by atoms with Crippen LogP contribution in [0.1, 0.15) is 31.4 Å². The van der Waals surface area contributed by atoms with E-state index in [1.54, 1.807) is 11.8 Å². The molecule has 0 spiro atoms. The van der Waals surface area contributed by atoms with Crippen LogP contribution in [0.25, 0.3) is 0 Å². The van der Waals surface area contributed by atoms with Gasteiger partial charge in [-0.2, -0.15) is 0 Å². The molecule has 0 radical (unpaired) electrons. The zero-order valence-corrected chi connectivity index (χ0v) is 14.3. The second-order valence-electron chi connectivity index (χ2n) is 6.34. The van der Waals surface area contributed by atoms with Crippen LogP contribution in [0.4, 0.5) is 5.82 Å². The maximum atomic E-state index is 9.64. The number of aryl methyl sites for hydroxylation is 1. The summed E-state index contributed by atoms with van der Waals surface area (Å²) in [6.45, 7) is 6.27. The van der Waals surface area contributed by atoms with E-state index < -0.39 is 0 Å². The summed E-state index contributed by atoms with van der Waals surface area (Å²) in [6, 6.07) is 2.77. The average Bonchev–Trinajstić information content (AvgIpc) is 2.55. The van der Waals surface area contributed by atoms with Gasteiger partial charge in [-0.1, -0.05) is 11.8 Å². The first kappa shape index (κ1) is 16.0. The molecule has 0 bridgehead atoms. The van der Waals surface area contributed by atoms with Gasteiger partial charge in [-0.3, -0.25) is 0 Å². The molecule has 2 aliphatic rings. The number of nitrogens with zero attached hydrogens (tertiary/aromatic N) is 4. The first-order valence-corrected chi connectivity index (χ1v) is 9.45. The highest BCUT2D eigenvalue weighted by Gasteiger charge is 2.28.